The Morgan fingerprint density at radius 2 is 2.00 bits per heavy atom. The van der Waals surface area contributed by atoms with Crippen LogP contribution in [0, 0.1) is 5.92 Å². The number of hydrogen-bond acceptors (Lipinski definition) is 2. The fourth-order valence-corrected chi connectivity index (χ4v) is 2.31. The van der Waals surface area contributed by atoms with Crippen LogP contribution in [0.1, 0.15) is 25.7 Å². The SMILES string of the molecule is CN(CC1CCCC(N)C1)CC(F)(F)F. The molecule has 2 unspecified atom stereocenters. The van der Waals surface area contributed by atoms with E-state index in [2.05, 4.69) is 0 Å². The van der Waals surface area contributed by atoms with Gasteiger partial charge in [-0.3, -0.25) is 4.90 Å². The maximum absolute atomic E-state index is 12.1. The molecule has 5 heteroatoms. The zero-order valence-corrected chi connectivity index (χ0v) is 9.06. The lowest BCUT2D eigenvalue weighted by Gasteiger charge is -2.30. The normalized spacial score (nSPS) is 28.4. The molecule has 1 saturated carbocycles. The first-order valence-corrected chi connectivity index (χ1v) is 5.37. The highest BCUT2D eigenvalue weighted by atomic mass is 19.4. The Labute approximate surface area is 88.6 Å². The average Bonchev–Trinajstić information content (AvgIpc) is 1.99. The van der Waals surface area contributed by atoms with E-state index in [1.54, 1.807) is 0 Å². The Balaban J connectivity index is 2.28. The van der Waals surface area contributed by atoms with E-state index >= 15 is 0 Å². The summed E-state index contributed by atoms with van der Waals surface area (Å²) in [6, 6.07) is 0.183. The maximum atomic E-state index is 12.1. The van der Waals surface area contributed by atoms with Crippen LogP contribution < -0.4 is 5.73 Å². The summed E-state index contributed by atoms with van der Waals surface area (Å²) in [7, 11) is 1.52. The second-order valence-corrected chi connectivity index (χ2v) is 4.60. The minimum Gasteiger partial charge on any atom is -0.328 e. The van der Waals surface area contributed by atoms with Gasteiger partial charge in [-0.05, 0) is 32.2 Å². The van der Waals surface area contributed by atoms with Gasteiger partial charge in [0.15, 0.2) is 0 Å². The molecule has 2 atom stereocenters. The van der Waals surface area contributed by atoms with Gasteiger partial charge in [0.2, 0.25) is 0 Å². The van der Waals surface area contributed by atoms with E-state index in [1.165, 1.54) is 11.9 Å². The Morgan fingerprint density at radius 1 is 1.33 bits per heavy atom. The molecule has 15 heavy (non-hydrogen) atoms. The van der Waals surface area contributed by atoms with Crippen molar-refractivity contribution in [3.8, 4) is 0 Å². The van der Waals surface area contributed by atoms with Crippen LogP contribution in [0.3, 0.4) is 0 Å². The smallest absolute Gasteiger partial charge is 0.328 e. The van der Waals surface area contributed by atoms with E-state index < -0.39 is 12.7 Å². The molecular weight excluding hydrogens is 205 g/mol. The van der Waals surface area contributed by atoms with Crippen molar-refractivity contribution in [3.05, 3.63) is 0 Å². The lowest BCUT2D eigenvalue weighted by molar-refractivity contribution is -0.144. The van der Waals surface area contributed by atoms with Crippen LogP contribution in [0.4, 0.5) is 13.2 Å². The predicted octanol–water partition coefficient (Wildman–Crippen LogP) is 2.00. The lowest BCUT2D eigenvalue weighted by Crippen LogP contribution is -2.38. The Bertz CT molecular complexity index is 194. The van der Waals surface area contributed by atoms with Crippen molar-refractivity contribution in [2.75, 3.05) is 20.1 Å². The third kappa shape index (κ3) is 5.37. The van der Waals surface area contributed by atoms with Crippen molar-refractivity contribution in [3.63, 3.8) is 0 Å². The van der Waals surface area contributed by atoms with Crippen molar-refractivity contribution < 1.29 is 13.2 Å². The summed E-state index contributed by atoms with van der Waals surface area (Å²) in [5.74, 6) is 0.334. The lowest BCUT2D eigenvalue weighted by atomic mass is 9.86. The molecule has 0 amide bonds. The summed E-state index contributed by atoms with van der Waals surface area (Å²) >= 11 is 0. The first kappa shape index (κ1) is 12.8. The third-order valence-corrected chi connectivity index (χ3v) is 2.84. The predicted molar refractivity (Wildman–Crippen MR) is 53.5 cm³/mol. The molecule has 90 valence electrons. The van der Waals surface area contributed by atoms with Crippen LogP contribution in [0.15, 0.2) is 0 Å². The largest absolute Gasteiger partial charge is 0.401 e. The topological polar surface area (TPSA) is 29.3 Å². The first-order valence-electron chi connectivity index (χ1n) is 5.37. The van der Waals surface area contributed by atoms with E-state index in [0.29, 0.717) is 12.5 Å². The van der Waals surface area contributed by atoms with E-state index in [0.717, 1.165) is 25.7 Å². The number of rotatable bonds is 3. The highest BCUT2D eigenvalue weighted by Crippen LogP contribution is 2.24. The summed E-state index contributed by atoms with van der Waals surface area (Å²) in [6.07, 6.45) is -0.158. The number of alkyl halides is 3. The molecule has 0 spiro atoms. The van der Waals surface area contributed by atoms with Gasteiger partial charge in [0.1, 0.15) is 0 Å². The van der Waals surface area contributed by atoms with Gasteiger partial charge in [0.05, 0.1) is 6.54 Å². The van der Waals surface area contributed by atoms with E-state index in [9.17, 15) is 13.2 Å². The fraction of sp³-hybridized carbons (Fsp3) is 1.00. The van der Waals surface area contributed by atoms with E-state index in [4.69, 9.17) is 5.73 Å². The Kier molecular flexibility index (Phi) is 4.40. The molecule has 1 aliphatic rings. The molecule has 0 bridgehead atoms. The molecule has 1 aliphatic carbocycles. The average molecular weight is 224 g/mol. The zero-order valence-electron chi connectivity index (χ0n) is 9.06. The minimum absolute atomic E-state index is 0.183. The van der Waals surface area contributed by atoms with Gasteiger partial charge in [0.25, 0.3) is 0 Å². The summed E-state index contributed by atoms with van der Waals surface area (Å²) < 4.78 is 36.2. The van der Waals surface area contributed by atoms with Gasteiger partial charge >= 0.3 is 6.18 Å². The molecule has 0 radical (unpaired) electrons. The molecule has 0 heterocycles. The molecule has 0 aromatic rings. The van der Waals surface area contributed by atoms with Crippen LogP contribution in [0.25, 0.3) is 0 Å². The molecule has 1 fully saturated rings. The fourth-order valence-electron chi connectivity index (χ4n) is 2.31. The van der Waals surface area contributed by atoms with Gasteiger partial charge < -0.3 is 5.73 Å². The van der Waals surface area contributed by atoms with Gasteiger partial charge in [0, 0.05) is 12.6 Å². The number of nitrogens with zero attached hydrogens (tertiary/aromatic N) is 1. The first-order chi connectivity index (χ1) is 6.87. The summed E-state index contributed by atoms with van der Waals surface area (Å²) in [6.45, 7) is -0.314. The summed E-state index contributed by atoms with van der Waals surface area (Å²) in [5, 5.41) is 0. The number of nitrogens with two attached hydrogens (primary N) is 1. The maximum Gasteiger partial charge on any atom is 0.401 e. The quantitative estimate of drug-likeness (QED) is 0.794. The molecule has 0 aromatic carbocycles. The Morgan fingerprint density at radius 3 is 2.53 bits per heavy atom. The summed E-state index contributed by atoms with van der Waals surface area (Å²) in [4.78, 5) is 1.35. The third-order valence-electron chi connectivity index (χ3n) is 2.84. The van der Waals surface area contributed by atoms with Crippen molar-refractivity contribution in [2.24, 2.45) is 11.7 Å². The van der Waals surface area contributed by atoms with Crippen molar-refractivity contribution in [1.29, 1.82) is 0 Å². The highest BCUT2D eigenvalue weighted by Gasteiger charge is 2.30. The molecule has 2 nitrogen and oxygen atoms in total. The van der Waals surface area contributed by atoms with Crippen LogP contribution in [-0.4, -0.2) is 37.3 Å². The Hall–Kier alpha value is -0.290. The second kappa shape index (κ2) is 5.16. The van der Waals surface area contributed by atoms with Crippen molar-refractivity contribution in [1.82, 2.24) is 4.90 Å². The standard InChI is InChI=1S/C10H19F3N2/c1-15(7-10(11,12)13)6-8-3-2-4-9(14)5-8/h8-9H,2-7,14H2,1H3. The van der Waals surface area contributed by atoms with Crippen LogP contribution >= 0.6 is 0 Å². The molecule has 1 rings (SSSR count). The molecular formula is C10H19F3N2. The van der Waals surface area contributed by atoms with Gasteiger partial charge in [-0.1, -0.05) is 6.42 Å². The molecule has 0 saturated heterocycles. The van der Waals surface area contributed by atoms with Crippen LogP contribution in [0.5, 0.6) is 0 Å². The van der Waals surface area contributed by atoms with Crippen LogP contribution in [-0.2, 0) is 0 Å². The number of halogens is 3. The zero-order chi connectivity index (χ0) is 11.5. The van der Waals surface area contributed by atoms with Crippen LogP contribution in [0.2, 0.25) is 0 Å². The number of hydrogen-bond donors (Lipinski definition) is 1. The van der Waals surface area contributed by atoms with Gasteiger partial charge in [-0.25, -0.2) is 0 Å². The van der Waals surface area contributed by atoms with Gasteiger partial charge in [-0.2, -0.15) is 13.2 Å². The van der Waals surface area contributed by atoms with E-state index in [-0.39, 0.29) is 6.04 Å². The van der Waals surface area contributed by atoms with E-state index in [1.807, 2.05) is 0 Å². The van der Waals surface area contributed by atoms with Crippen molar-refractivity contribution >= 4 is 0 Å². The summed E-state index contributed by atoms with van der Waals surface area (Å²) in [5.41, 5.74) is 5.79. The minimum atomic E-state index is -4.09. The molecule has 2 N–H and O–H groups in total. The second-order valence-electron chi connectivity index (χ2n) is 4.60. The van der Waals surface area contributed by atoms with Crippen molar-refractivity contribution in [2.45, 2.75) is 37.9 Å². The van der Waals surface area contributed by atoms with Gasteiger partial charge in [-0.15, -0.1) is 0 Å². The monoisotopic (exact) mass is 224 g/mol. The highest BCUT2D eigenvalue weighted by molar-refractivity contribution is 4.77. The molecule has 0 aromatic heterocycles. The molecule has 0 aliphatic heterocycles.